The molecule has 0 radical (unpaired) electrons. The van der Waals surface area contributed by atoms with Crippen LogP contribution < -0.4 is 0 Å². The zero-order chi connectivity index (χ0) is 8.57. The van der Waals surface area contributed by atoms with E-state index in [0.717, 1.165) is 11.8 Å². The summed E-state index contributed by atoms with van der Waals surface area (Å²) in [5.41, 5.74) is 0. The van der Waals surface area contributed by atoms with Crippen LogP contribution in [0.15, 0.2) is 0 Å². The fourth-order valence-electron chi connectivity index (χ4n) is 0.789. The van der Waals surface area contributed by atoms with Crippen molar-refractivity contribution in [2.75, 3.05) is 0 Å². The predicted molar refractivity (Wildman–Crippen MR) is 50.3 cm³/mol. The fourth-order valence-corrected chi connectivity index (χ4v) is 0.789. The van der Waals surface area contributed by atoms with Crippen LogP contribution in [0, 0.1) is 11.8 Å². The minimum atomic E-state index is 0.870. The summed E-state index contributed by atoms with van der Waals surface area (Å²) in [6.07, 6.45) is 2.72. The van der Waals surface area contributed by atoms with Crippen molar-refractivity contribution in [2.45, 2.75) is 54.4 Å². The van der Waals surface area contributed by atoms with Crippen LogP contribution in [0.2, 0.25) is 0 Å². The highest BCUT2D eigenvalue weighted by molar-refractivity contribution is 4.54. The molecule has 0 heterocycles. The molecule has 0 N–H and O–H groups in total. The van der Waals surface area contributed by atoms with Gasteiger partial charge < -0.3 is 0 Å². The summed E-state index contributed by atoms with van der Waals surface area (Å²) in [6, 6.07) is 0. The van der Waals surface area contributed by atoms with Gasteiger partial charge in [-0.1, -0.05) is 54.4 Å². The molecule has 0 heteroatoms. The van der Waals surface area contributed by atoms with Crippen molar-refractivity contribution < 1.29 is 0 Å². The molecule has 64 valence electrons. The van der Waals surface area contributed by atoms with Gasteiger partial charge in [-0.05, 0) is 11.8 Å². The Morgan fingerprint density at radius 1 is 1.00 bits per heavy atom. The Morgan fingerprint density at radius 3 is 1.50 bits per heavy atom. The Hall–Kier alpha value is 0. The van der Waals surface area contributed by atoms with E-state index in [2.05, 4.69) is 27.7 Å². The molecule has 0 aromatic rings. The lowest BCUT2D eigenvalue weighted by atomic mass is 9.94. The van der Waals surface area contributed by atoms with E-state index in [0.29, 0.717) is 0 Å². The molecule has 0 aliphatic carbocycles. The minimum absolute atomic E-state index is 0.870. The van der Waals surface area contributed by atoms with Crippen molar-refractivity contribution >= 4 is 0 Å². The van der Waals surface area contributed by atoms with E-state index in [1.807, 2.05) is 13.8 Å². The molecule has 0 aromatic carbocycles. The van der Waals surface area contributed by atoms with Gasteiger partial charge >= 0.3 is 0 Å². The van der Waals surface area contributed by atoms with Gasteiger partial charge in [0.15, 0.2) is 0 Å². The Kier molecular flexibility index (Phi) is 11.4. The summed E-state index contributed by atoms with van der Waals surface area (Å²) in [5.74, 6) is 1.79. The van der Waals surface area contributed by atoms with Gasteiger partial charge in [-0.25, -0.2) is 0 Å². The van der Waals surface area contributed by atoms with Crippen LogP contribution in [0.3, 0.4) is 0 Å². The first-order valence-corrected chi connectivity index (χ1v) is 4.68. The van der Waals surface area contributed by atoms with Gasteiger partial charge in [0.05, 0.1) is 0 Å². The van der Waals surface area contributed by atoms with Crippen LogP contribution >= 0.6 is 0 Å². The van der Waals surface area contributed by atoms with Crippen LogP contribution in [-0.4, -0.2) is 0 Å². The first-order valence-electron chi connectivity index (χ1n) is 4.68. The van der Waals surface area contributed by atoms with Gasteiger partial charge in [0.2, 0.25) is 0 Å². The molecular formula is C10H24. The Labute approximate surface area is 67.0 Å². The van der Waals surface area contributed by atoms with E-state index in [1.165, 1.54) is 12.8 Å². The van der Waals surface area contributed by atoms with Crippen molar-refractivity contribution in [1.82, 2.24) is 0 Å². The predicted octanol–water partition coefficient (Wildman–Crippen LogP) is 4.10. The second kappa shape index (κ2) is 9.00. The van der Waals surface area contributed by atoms with E-state index in [1.54, 1.807) is 0 Å². The van der Waals surface area contributed by atoms with E-state index in [9.17, 15) is 0 Å². The van der Waals surface area contributed by atoms with Crippen molar-refractivity contribution in [1.29, 1.82) is 0 Å². The first kappa shape index (κ1) is 12.7. The summed E-state index contributed by atoms with van der Waals surface area (Å²) in [4.78, 5) is 0. The highest BCUT2D eigenvalue weighted by Gasteiger charge is 2.03. The van der Waals surface area contributed by atoms with E-state index < -0.39 is 0 Å². The molecule has 0 saturated carbocycles. The summed E-state index contributed by atoms with van der Waals surface area (Å²) >= 11 is 0. The van der Waals surface area contributed by atoms with Gasteiger partial charge in [-0.2, -0.15) is 0 Å². The Morgan fingerprint density at radius 2 is 1.40 bits per heavy atom. The van der Waals surface area contributed by atoms with Gasteiger partial charge in [0, 0.05) is 0 Å². The van der Waals surface area contributed by atoms with Gasteiger partial charge in [-0.15, -0.1) is 0 Å². The number of hydrogen-bond donors (Lipinski definition) is 0. The molecule has 0 saturated heterocycles. The number of rotatable bonds is 3. The maximum atomic E-state index is 2.33. The standard InChI is InChI=1S/C8H18.C2H6/c1-5-6-8(4)7(2)3;1-2/h7-8H,5-6H2,1-4H3;1-2H3/t8-;/m0./s1. The summed E-state index contributed by atoms with van der Waals surface area (Å²) in [7, 11) is 0. The zero-order valence-corrected chi connectivity index (χ0v) is 8.57. The van der Waals surface area contributed by atoms with Gasteiger partial charge in [0.25, 0.3) is 0 Å². The third-order valence-electron chi connectivity index (χ3n) is 1.88. The summed E-state index contributed by atoms with van der Waals surface area (Å²) in [6.45, 7) is 13.2. The lowest BCUT2D eigenvalue weighted by Gasteiger charge is -2.12. The quantitative estimate of drug-likeness (QED) is 0.559. The smallest absolute Gasteiger partial charge is 0.0420 e. The van der Waals surface area contributed by atoms with E-state index in [-0.39, 0.29) is 0 Å². The average molecular weight is 144 g/mol. The molecule has 10 heavy (non-hydrogen) atoms. The third kappa shape index (κ3) is 8.00. The van der Waals surface area contributed by atoms with Crippen molar-refractivity contribution in [3.8, 4) is 0 Å². The van der Waals surface area contributed by atoms with E-state index >= 15 is 0 Å². The molecule has 0 amide bonds. The second-order valence-corrected chi connectivity index (χ2v) is 3.01. The highest BCUT2D eigenvalue weighted by atomic mass is 14.1. The molecule has 0 nitrogen and oxygen atoms in total. The van der Waals surface area contributed by atoms with Crippen molar-refractivity contribution in [2.24, 2.45) is 11.8 Å². The monoisotopic (exact) mass is 144 g/mol. The summed E-state index contributed by atoms with van der Waals surface area (Å²) < 4.78 is 0. The van der Waals surface area contributed by atoms with Crippen LogP contribution in [0.5, 0.6) is 0 Å². The molecular weight excluding hydrogens is 120 g/mol. The second-order valence-electron chi connectivity index (χ2n) is 3.01. The Bertz CT molecular complexity index is 46.0. The molecule has 0 unspecified atom stereocenters. The average Bonchev–Trinajstić information content (AvgIpc) is 1.93. The molecule has 0 spiro atoms. The molecule has 0 aliphatic heterocycles. The van der Waals surface area contributed by atoms with Crippen molar-refractivity contribution in [3.63, 3.8) is 0 Å². The maximum absolute atomic E-state index is 2.33. The SMILES string of the molecule is CC.CCC[C@H](C)C(C)C. The van der Waals surface area contributed by atoms with Gasteiger partial charge in [0.1, 0.15) is 0 Å². The first-order chi connectivity index (χ1) is 4.68. The maximum Gasteiger partial charge on any atom is -0.0420 e. The lowest BCUT2D eigenvalue weighted by Crippen LogP contribution is -2.02. The van der Waals surface area contributed by atoms with Crippen LogP contribution in [0.1, 0.15) is 54.4 Å². The number of hydrogen-bond acceptors (Lipinski definition) is 0. The normalized spacial score (nSPS) is 12.3. The molecule has 0 aliphatic rings. The lowest BCUT2D eigenvalue weighted by molar-refractivity contribution is 0.389. The molecule has 0 fully saturated rings. The molecule has 0 rings (SSSR count). The molecule has 0 bridgehead atoms. The van der Waals surface area contributed by atoms with Crippen molar-refractivity contribution in [3.05, 3.63) is 0 Å². The summed E-state index contributed by atoms with van der Waals surface area (Å²) in [5, 5.41) is 0. The highest BCUT2D eigenvalue weighted by Crippen LogP contribution is 2.14. The van der Waals surface area contributed by atoms with Gasteiger partial charge in [-0.3, -0.25) is 0 Å². The molecule has 1 atom stereocenters. The fraction of sp³-hybridized carbons (Fsp3) is 1.00. The largest absolute Gasteiger partial charge is 0.0683 e. The van der Waals surface area contributed by atoms with Crippen LogP contribution in [0.4, 0.5) is 0 Å². The van der Waals surface area contributed by atoms with Crippen LogP contribution in [0.25, 0.3) is 0 Å². The Balaban J connectivity index is 0. The zero-order valence-electron chi connectivity index (χ0n) is 8.57. The molecule has 0 aromatic heterocycles. The minimum Gasteiger partial charge on any atom is -0.0683 e. The topological polar surface area (TPSA) is 0 Å². The third-order valence-corrected chi connectivity index (χ3v) is 1.88. The van der Waals surface area contributed by atoms with Crippen LogP contribution in [-0.2, 0) is 0 Å². The van der Waals surface area contributed by atoms with E-state index in [4.69, 9.17) is 0 Å².